The molecule has 0 aromatic heterocycles. The number of carbonyl (C=O) groups excluding carboxylic acids is 1. The molecular weight excluding hydrogens is 440 g/mol. The van der Waals surface area contributed by atoms with E-state index in [4.69, 9.17) is 48.6 Å². The highest BCUT2D eigenvalue weighted by Gasteiger charge is 2.43. The third-order valence-electron chi connectivity index (χ3n) is 2.87. The lowest BCUT2D eigenvalue weighted by molar-refractivity contribution is 0.0640. The molecule has 2 atom stereocenters. The number of hydrogen-bond acceptors (Lipinski definition) is 6. The molecule has 2 N–H and O–H groups in total. The monoisotopic (exact) mass is 461 g/mol. The largest absolute Gasteiger partial charge is 0.428 e. The van der Waals surface area contributed by atoms with Crippen LogP contribution >= 0.6 is 42.4 Å². The molecule has 0 radical (unpaired) electrons. The van der Waals surface area contributed by atoms with E-state index in [1.165, 1.54) is 0 Å². The van der Waals surface area contributed by atoms with Gasteiger partial charge < -0.3 is 18.9 Å². The van der Waals surface area contributed by atoms with Crippen molar-refractivity contribution in [1.82, 2.24) is 5.32 Å². The predicted octanol–water partition coefficient (Wildman–Crippen LogP) is 5.14. The van der Waals surface area contributed by atoms with E-state index in [-0.39, 0.29) is 0 Å². The van der Waals surface area contributed by atoms with Crippen molar-refractivity contribution in [1.29, 1.82) is 0 Å². The van der Waals surface area contributed by atoms with Crippen LogP contribution in [0.25, 0.3) is 0 Å². The Labute approximate surface area is 173 Å². The summed E-state index contributed by atoms with van der Waals surface area (Å²) in [5.74, 6) is -1.40. The number of ether oxygens (including phenoxy) is 1. The Morgan fingerprint density at radius 3 is 1.96 bits per heavy atom. The summed E-state index contributed by atoms with van der Waals surface area (Å²) in [6.45, 7) is 6.69. The SMILES string of the molecule is CC(C)OP(=O)(OC(C)C)[C@H](OC(=O)N[C@H](O)C(Cl)(Cl)Cl)c1ccccc1. The molecule has 1 rings (SSSR count). The number of rotatable bonds is 8. The van der Waals surface area contributed by atoms with Gasteiger partial charge in [0.1, 0.15) is 0 Å². The van der Waals surface area contributed by atoms with Gasteiger partial charge in [-0.15, -0.1) is 0 Å². The van der Waals surface area contributed by atoms with E-state index >= 15 is 0 Å². The number of aliphatic hydroxyl groups is 1. The van der Waals surface area contributed by atoms with Crippen molar-refractivity contribution in [2.24, 2.45) is 0 Å². The lowest BCUT2D eigenvalue weighted by atomic mass is 10.2. The van der Waals surface area contributed by atoms with Crippen LogP contribution in [-0.4, -0.2) is 33.4 Å². The van der Waals surface area contributed by atoms with Crippen LogP contribution in [0, 0.1) is 0 Å². The second-order valence-corrected chi connectivity index (χ2v) is 10.4. The van der Waals surface area contributed by atoms with Gasteiger partial charge in [0.05, 0.1) is 12.2 Å². The minimum Gasteiger partial charge on any atom is -0.428 e. The first kappa shape index (κ1) is 24.5. The third-order valence-corrected chi connectivity index (χ3v) is 5.90. The minimum absolute atomic E-state index is 0.376. The van der Waals surface area contributed by atoms with E-state index in [0.29, 0.717) is 5.56 Å². The van der Waals surface area contributed by atoms with Crippen molar-refractivity contribution >= 4 is 48.5 Å². The molecular formula is C16H23Cl3NO6P. The van der Waals surface area contributed by atoms with Crippen LogP contribution in [0.5, 0.6) is 0 Å². The second-order valence-electron chi connectivity index (χ2n) is 6.11. The molecule has 0 bridgehead atoms. The maximum Gasteiger partial charge on any atom is 0.410 e. The summed E-state index contributed by atoms with van der Waals surface area (Å²) in [5.41, 5.74) is 0.376. The molecule has 0 saturated heterocycles. The molecule has 0 aliphatic rings. The molecule has 0 saturated carbocycles. The van der Waals surface area contributed by atoms with E-state index in [0.717, 1.165) is 0 Å². The molecule has 0 unspecified atom stereocenters. The normalized spacial score (nSPS) is 14.9. The van der Waals surface area contributed by atoms with Gasteiger partial charge in [-0.1, -0.05) is 65.1 Å². The van der Waals surface area contributed by atoms with Gasteiger partial charge in [0.2, 0.25) is 9.64 Å². The molecule has 0 heterocycles. The van der Waals surface area contributed by atoms with Crippen molar-refractivity contribution in [3.8, 4) is 0 Å². The van der Waals surface area contributed by atoms with E-state index < -0.39 is 41.8 Å². The lowest BCUT2D eigenvalue weighted by Gasteiger charge is -2.30. The Bertz CT molecular complexity index is 639. The van der Waals surface area contributed by atoms with Crippen molar-refractivity contribution in [2.45, 2.75) is 55.8 Å². The molecule has 0 fully saturated rings. The topological polar surface area (TPSA) is 94.1 Å². The van der Waals surface area contributed by atoms with Crippen molar-refractivity contribution in [3.63, 3.8) is 0 Å². The van der Waals surface area contributed by atoms with Crippen molar-refractivity contribution < 1.29 is 28.3 Å². The Morgan fingerprint density at radius 1 is 1.07 bits per heavy atom. The van der Waals surface area contributed by atoms with Gasteiger partial charge in [-0.05, 0) is 27.7 Å². The number of alkyl halides is 3. The molecule has 0 spiro atoms. The maximum atomic E-state index is 13.5. The van der Waals surface area contributed by atoms with Gasteiger partial charge >= 0.3 is 13.7 Å². The second kappa shape index (κ2) is 10.3. The van der Waals surface area contributed by atoms with Crippen molar-refractivity contribution in [2.75, 3.05) is 0 Å². The number of alkyl carbamates (subject to hydrolysis) is 1. The fraction of sp³-hybridized carbons (Fsp3) is 0.562. The Hall–Kier alpha value is -0.530. The summed E-state index contributed by atoms with van der Waals surface area (Å²) in [6.07, 6.45) is -3.95. The standard InChI is InChI=1S/C16H23Cl3NO6P/c1-10(2)25-27(23,26-11(3)4)13(12-8-6-5-7-9-12)24-15(22)20-14(21)16(17,18)19/h5-11,13-14,21H,1-4H3,(H,20,22)/t13-,14+/m0/s1. The van der Waals surface area contributed by atoms with Crippen LogP contribution in [0.3, 0.4) is 0 Å². The molecule has 154 valence electrons. The molecule has 0 aliphatic carbocycles. The number of amides is 1. The number of carbonyl (C=O) groups is 1. The molecule has 1 amide bonds. The Kier molecular flexibility index (Phi) is 9.35. The molecule has 1 aromatic rings. The zero-order valence-corrected chi connectivity index (χ0v) is 18.4. The number of aliphatic hydroxyl groups excluding tert-OH is 1. The first-order chi connectivity index (χ1) is 12.3. The van der Waals surface area contributed by atoms with Gasteiger partial charge in [-0.3, -0.25) is 9.88 Å². The number of benzene rings is 1. The van der Waals surface area contributed by atoms with Crippen LogP contribution in [-0.2, 0) is 18.3 Å². The smallest absolute Gasteiger partial charge is 0.410 e. The van der Waals surface area contributed by atoms with E-state index in [1.54, 1.807) is 58.0 Å². The average Bonchev–Trinajstić information content (AvgIpc) is 2.50. The van der Waals surface area contributed by atoms with Gasteiger partial charge in [0.25, 0.3) is 0 Å². The lowest BCUT2D eigenvalue weighted by Crippen LogP contribution is -2.44. The Balaban J connectivity index is 3.19. The summed E-state index contributed by atoms with van der Waals surface area (Å²) in [5, 5.41) is 11.7. The first-order valence-corrected chi connectivity index (χ1v) is 10.8. The van der Waals surface area contributed by atoms with Gasteiger partial charge in [-0.25, -0.2) is 4.79 Å². The van der Waals surface area contributed by atoms with E-state index in [2.05, 4.69) is 0 Å². The van der Waals surface area contributed by atoms with Crippen molar-refractivity contribution in [3.05, 3.63) is 35.9 Å². The minimum atomic E-state index is -3.97. The van der Waals surface area contributed by atoms with Crippen LogP contribution < -0.4 is 5.32 Å². The summed E-state index contributed by atoms with van der Waals surface area (Å²) in [7, 11) is -3.97. The van der Waals surface area contributed by atoms with Crippen LogP contribution in [0.15, 0.2) is 30.3 Å². The molecule has 7 nitrogen and oxygen atoms in total. The fourth-order valence-electron chi connectivity index (χ4n) is 1.98. The number of halogens is 3. The highest BCUT2D eigenvalue weighted by molar-refractivity contribution is 7.54. The van der Waals surface area contributed by atoms with Crippen LogP contribution in [0.4, 0.5) is 4.79 Å². The zero-order valence-electron chi connectivity index (χ0n) is 15.3. The van der Waals surface area contributed by atoms with Gasteiger partial charge in [0.15, 0.2) is 6.23 Å². The average molecular weight is 463 g/mol. The number of hydrogen-bond donors (Lipinski definition) is 2. The van der Waals surface area contributed by atoms with Crippen LogP contribution in [0.1, 0.15) is 39.1 Å². The van der Waals surface area contributed by atoms with E-state index in [1.807, 2.05) is 5.32 Å². The summed E-state index contributed by atoms with van der Waals surface area (Å²) >= 11 is 16.5. The highest BCUT2D eigenvalue weighted by atomic mass is 35.6. The van der Waals surface area contributed by atoms with Gasteiger partial charge in [-0.2, -0.15) is 0 Å². The fourth-order valence-corrected chi connectivity index (χ4v) is 4.36. The Morgan fingerprint density at radius 2 is 1.56 bits per heavy atom. The number of nitrogens with one attached hydrogen (secondary N) is 1. The quantitative estimate of drug-likeness (QED) is 0.315. The van der Waals surface area contributed by atoms with Crippen LogP contribution in [0.2, 0.25) is 0 Å². The molecule has 27 heavy (non-hydrogen) atoms. The first-order valence-electron chi connectivity index (χ1n) is 8.08. The molecule has 11 heteroatoms. The molecule has 1 aromatic carbocycles. The summed E-state index contributed by atoms with van der Waals surface area (Å²) in [6, 6.07) is 8.29. The highest BCUT2D eigenvalue weighted by Crippen LogP contribution is 2.63. The maximum absolute atomic E-state index is 13.5. The summed E-state index contributed by atoms with van der Waals surface area (Å²) < 4.78 is 27.6. The molecule has 0 aliphatic heterocycles. The third kappa shape index (κ3) is 8.16. The van der Waals surface area contributed by atoms with Gasteiger partial charge in [0, 0.05) is 5.56 Å². The zero-order chi connectivity index (χ0) is 20.8. The summed E-state index contributed by atoms with van der Waals surface area (Å²) in [4.78, 5) is 12.2. The predicted molar refractivity (Wildman–Crippen MR) is 105 cm³/mol. The van der Waals surface area contributed by atoms with E-state index in [9.17, 15) is 14.5 Å².